The van der Waals surface area contributed by atoms with E-state index >= 15 is 0 Å². The number of hydrogen-bond acceptors (Lipinski definition) is 5. The summed E-state index contributed by atoms with van der Waals surface area (Å²) in [6, 6.07) is 12.8. The molecule has 1 fully saturated rings. The molecule has 0 aliphatic carbocycles. The number of nitrogens with zero attached hydrogens (tertiary/aromatic N) is 1. The predicted octanol–water partition coefficient (Wildman–Crippen LogP) is 3.23. The zero-order valence-electron chi connectivity index (χ0n) is 14.9. The molecule has 2 aromatic carbocycles. The van der Waals surface area contributed by atoms with E-state index in [2.05, 4.69) is 0 Å². The monoisotopic (exact) mass is 359 g/mol. The van der Waals surface area contributed by atoms with Crippen LogP contribution in [0.5, 0.6) is 0 Å². The minimum Gasteiger partial charge on any atom is -0.399 e. The number of hydrazine groups is 1. The minimum absolute atomic E-state index is 0.405. The van der Waals surface area contributed by atoms with Crippen molar-refractivity contribution in [2.45, 2.75) is 38.9 Å². The Kier molecular flexibility index (Phi) is 4.49. The van der Waals surface area contributed by atoms with Crippen molar-refractivity contribution in [2.75, 3.05) is 10.7 Å². The van der Waals surface area contributed by atoms with Crippen LogP contribution in [0.25, 0.3) is 0 Å². The summed E-state index contributed by atoms with van der Waals surface area (Å²) in [5.41, 5.74) is 8.21. The first-order chi connectivity index (χ1) is 11.6. The maximum Gasteiger partial charge on any atom is 0.494 e. The van der Waals surface area contributed by atoms with E-state index in [4.69, 9.17) is 32.5 Å². The van der Waals surface area contributed by atoms with Gasteiger partial charge in [0.25, 0.3) is 0 Å². The van der Waals surface area contributed by atoms with Crippen LogP contribution in [0.3, 0.4) is 0 Å². The Bertz CT molecular complexity index is 764. The molecule has 0 atom stereocenters. The van der Waals surface area contributed by atoms with Crippen LogP contribution in [-0.4, -0.2) is 18.3 Å². The number of anilines is 3. The Hall–Kier alpha value is -1.73. The second-order valence-electron chi connectivity index (χ2n) is 7.25. The summed E-state index contributed by atoms with van der Waals surface area (Å²) in [4.78, 5) is 0. The summed E-state index contributed by atoms with van der Waals surface area (Å²) in [5, 5.41) is 2.18. The van der Waals surface area contributed by atoms with Gasteiger partial charge in [0, 0.05) is 5.02 Å². The fraction of sp³-hybridized carbons (Fsp3) is 0.333. The Labute approximate surface area is 154 Å². The topological polar surface area (TPSA) is 73.7 Å². The molecule has 0 unspecified atom stereocenters. The number of nitrogens with two attached hydrogens (primary N) is 2. The van der Waals surface area contributed by atoms with Crippen LogP contribution in [0, 0.1) is 0 Å². The van der Waals surface area contributed by atoms with E-state index in [-0.39, 0.29) is 0 Å². The summed E-state index contributed by atoms with van der Waals surface area (Å²) in [6.07, 6.45) is 0. The normalized spacial score (nSPS) is 18.4. The van der Waals surface area contributed by atoms with Gasteiger partial charge in [-0.1, -0.05) is 17.7 Å². The van der Waals surface area contributed by atoms with Gasteiger partial charge in [0.1, 0.15) is 0 Å². The lowest BCUT2D eigenvalue weighted by atomic mass is 9.78. The van der Waals surface area contributed by atoms with Crippen LogP contribution < -0.4 is 22.0 Å². The molecule has 7 heteroatoms. The highest BCUT2D eigenvalue weighted by molar-refractivity contribution is 6.62. The second-order valence-corrected chi connectivity index (χ2v) is 7.69. The lowest BCUT2D eigenvalue weighted by molar-refractivity contribution is 0.00578. The van der Waals surface area contributed by atoms with Gasteiger partial charge < -0.3 is 15.0 Å². The average molecular weight is 360 g/mol. The second kappa shape index (κ2) is 6.22. The fourth-order valence-corrected chi connectivity index (χ4v) is 2.76. The van der Waals surface area contributed by atoms with Gasteiger partial charge in [0.15, 0.2) is 0 Å². The number of hydrogen-bond donors (Lipinski definition) is 2. The van der Waals surface area contributed by atoms with E-state index in [1.54, 1.807) is 12.1 Å². The van der Waals surface area contributed by atoms with Crippen molar-refractivity contribution in [3.05, 3.63) is 47.5 Å². The average Bonchev–Trinajstić information content (AvgIpc) is 2.76. The molecule has 1 aliphatic rings. The molecule has 1 saturated heterocycles. The van der Waals surface area contributed by atoms with Crippen LogP contribution >= 0.6 is 11.6 Å². The smallest absolute Gasteiger partial charge is 0.399 e. The summed E-state index contributed by atoms with van der Waals surface area (Å²) in [5.74, 6) is 6.27. The van der Waals surface area contributed by atoms with E-state index in [1.165, 1.54) is 5.01 Å². The molecule has 132 valence electrons. The maximum absolute atomic E-state index is 6.27. The van der Waals surface area contributed by atoms with Gasteiger partial charge in [0.2, 0.25) is 0 Å². The van der Waals surface area contributed by atoms with Crippen molar-refractivity contribution >= 4 is 41.2 Å². The Morgan fingerprint density at radius 3 is 2.08 bits per heavy atom. The van der Waals surface area contributed by atoms with Gasteiger partial charge in [-0.05, 0) is 69.6 Å². The van der Waals surface area contributed by atoms with E-state index in [0.29, 0.717) is 16.4 Å². The summed E-state index contributed by atoms with van der Waals surface area (Å²) >= 11 is 5.94. The third-order valence-electron chi connectivity index (χ3n) is 4.94. The highest BCUT2D eigenvalue weighted by Crippen LogP contribution is 2.37. The molecule has 5 nitrogen and oxygen atoms in total. The first kappa shape index (κ1) is 18.1. The highest BCUT2D eigenvalue weighted by Gasteiger charge is 2.51. The van der Waals surface area contributed by atoms with E-state index in [9.17, 15) is 0 Å². The maximum atomic E-state index is 6.27. The Morgan fingerprint density at radius 2 is 1.52 bits per heavy atom. The minimum atomic E-state index is -0.469. The van der Waals surface area contributed by atoms with E-state index in [0.717, 1.165) is 11.2 Å². The molecule has 25 heavy (non-hydrogen) atoms. The molecule has 0 amide bonds. The molecular weight excluding hydrogens is 336 g/mol. The molecule has 2 aromatic rings. The van der Waals surface area contributed by atoms with Crippen molar-refractivity contribution < 1.29 is 9.31 Å². The standard InChI is InChI=1S/C18H23BClN3O2/c1-17(2)18(3,4)25-19(24-17)12-5-10-15(21)16(11-12)23(22)14-8-6-13(20)7-9-14/h5-11H,21-22H2,1-4H3. The Balaban J connectivity index is 1.93. The van der Waals surface area contributed by atoms with E-state index in [1.807, 2.05) is 58.0 Å². The lowest BCUT2D eigenvalue weighted by Gasteiger charge is -2.32. The summed E-state index contributed by atoms with van der Waals surface area (Å²) in [6.45, 7) is 8.09. The van der Waals surface area contributed by atoms with Crippen LogP contribution in [0.1, 0.15) is 27.7 Å². The van der Waals surface area contributed by atoms with Gasteiger partial charge in [0.05, 0.1) is 28.3 Å². The van der Waals surface area contributed by atoms with Gasteiger partial charge in [-0.15, -0.1) is 0 Å². The van der Waals surface area contributed by atoms with Gasteiger partial charge >= 0.3 is 7.12 Å². The van der Waals surface area contributed by atoms with Gasteiger partial charge in [-0.25, -0.2) is 5.84 Å². The van der Waals surface area contributed by atoms with Crippen LogP contribution in [-0.2, 0) is 9.31 Å². The molecule has 1 aliphatic heterocycles. The van der Waals surface area contributed by atoms with E-state index < -0.39 is 18.3 Å². The molecule has 0 radical (unpaired) electrons. The third kappa shape index (κ3) is 3.35. The molecule has 0 bridgehead atoms. The molecule has 1 heterocycles. The molecule has 0 saturated carbocycles. The molecular formula is C18H23BClN3O2. The van der Waals surface area contributed by atoms with Crippen molar-refractivity contribution in [2.24, 2.45) is 5.84 Å². The van der Waals surface area contributed by atoms with Gasteiger partial charge in [-0.2, -0.15) is 0 Å². The first-order valence-electron chi connectivity index (χ1n) is 8.16. The van der Waals surface area contributed by atoms with Crippen LogP contribution in [0.15, 0.2) is 42.5 Å². The zero-order chi connectivity index (χ0) is 18.4. The predicted molar refractivity (Wildman–Crippen MR) is 104 cm³/mol. The van der Waals surface area contributed by atoms with Crippen LogP contribution in [0.2, 0.25) is 5.02 Å². The van der Waals surface area contributed by atoms with Crippen molar-refractivity contribution in [3.8, 4) is 0 Å². The number of benzene rings is 2. The third-order valence-corrected chi connectivity index (χ3v) is 5.20. The quantitative estimate of drug-likeness (QED) is 0.381. The molecule has 0 aromatic heterocycles. The van der Waals surface area contributed by atoms with Crippen molar-refractivity contribution in [1.82, 2.24) is 0 Å². The number of rotatable bonds is 3. The van der Waals surface area contributed by atoms with Crippen LogP contribution in [0.4, 0.5) is 17.1 Å². The van der Waals surface area contributed by atoms with Crippen molar-refractivity contribution in [3.63, 3.8) is 0 Å². The SMILES string of the molecule is CC1(C)OB(c2ccc(N)c(N(N)c3ccc(Cl)cc3)c2)OC1(C)C. The largest absolute Gasteiger partial charge is 0.494 e. The number of nitrogen functional groups attached to an aromatic ring is 1. The fourth-order valence-electron chi connectivity index (χ4n) is 2.64. The lowest BCUT2D eigenvalue weighted by Crippen LogP contribution is -2.41. The molecule has 0 spiro atoms. The molecule has 3 rings (SSSR count). The summed E-state index contributed by atoms with van der Waals surface area (Å²) < 4.78 is 12.2. The van der Waals surface area contributed by atoms with Crippen molar-refractivity contribution in [1.29, 1.82) is 0 Å². The number of halogens is 1. The Morgan fingerprint density at radius 1 is 0.960 bits per heavy atom. The van der Waals surface area contributed by atoms with Gasteiger partial charge in [-0.3, -0.25) is 5.01 Å². The molecule has 4 N–H and O–H groups in total. The zero-order valence-corrected chi connectivity index (χ0v) is 15.7. The first-order valence-corrected chi connectivity index (χ1v) is 8.54. The highest BCUT2D eigenvalue weighted by atomic mass is 35.5. The summed E-state index contributed by atoms with van der Waals surface area (Å²) in [7, 11) is -0.469.